The lowest BCUT2D eigenvalue weighted by Crippen LogP contribution is -2.50. The number of hydrogen-bond acceptors (Lipinski definition) is 7. The van der Waals surface area contributed by atoms with Gasteiger partial charge in [0.05, 0.1) is 12.7 Å². The zero-order valence-corrected chi connectivity index (χ0v) is 14.9. The van der Waals surface area contributed by atoms with Crippen LogP contribution in [0.3, 0.4) is 0 Å². The SMILES string of the molecule is CN1CCOC(CNCCC(=O)N2CCN(c3ncccn3)CC2)C1. The maximum absolute atomic E-state index is 12.3. The minimum Gasteiger partial charge on any atom is -0.374 e. The highest BCUT2D eigenvalue weighted by Gasteiger charge is 2.22. The van der Waals surface area contributed by atoms with Crippen molar-refractivity contribution < 1.29 is 9.53 Å². The third-order valence-electron chi connectivity index (χ3n) is 4.70. The number of carbonyl (C=O) groups excluding carboxylic acids is 1. The van der Waals surface area contributed by atoms with Gasteiger partial charge in [0.25, 0.3) is 0 Å². The normalized spacial score (nSPS) is 22.2. The van der Waals surface area contributed by atoms with Gasteiger partial charge in [-0.3, -0.25) is 4.79 Å². The van der Waals surface area contributed by atoms with E-state index >= 15 is 0 Å². The molecule has 138 valence electrons. The molecule has 2 aliphatic heterocycles. The van der Waals surface area contributed by atoms with Gasteiger partial charge in [0.1, 0.15) is 0 Å². The van der Waals surface area contributed by atoms with Crippen molar-refractivity contribution in [2.45, 2.75) is 12.5 Å². The van der Waals surface area contributed by atoms with Gasteiger partial charge in [-0.15, -0.1) is 0 Å². The molecule has 2 fully saturated rings. The zero-order chi connectivity index (χ0) is 17.5. The van der Waals surface area contributed by atoms with Gasteiger partial charge >= 0.3 is 0 Å². The Morgan fingerprint density at radius 2 is 2.00 bits per heavy atom. The maximum atomic E-state index is 12.3. The van der Waals surface area contributed by atoms with E-state index in [4.69, 9.17) is 4.74 Å². The standard InChI is InChI=1S/C17H28N6O2/c1-21-11-12-25-15(14-21)13-18-6-3-16(24)22-7-9-23(10-8-22)17-19-4-2-5-20-17/h2,4-5,15,18H,3,6-14H2,1H3. The molecule has 2 saturated heterocycles. The van der Waals surface area contributed by atoms with Crippen LogP contribution in [0, 0.1) is 0 Å². The molecule has 2 aliphatic rings. The smallest absolute Gasteiger partial charge is 0.225 e. The van der Waals surface area contributed by atoms with Crippen molar-refractivity contribution in [3.63, 3.8) is 0 Å². The van der Waals surface area contributed by atoms with Crippen LogP contribution in [0.2, 0.25) is 0 Å². The largest absolute Gasteiger partial charge is 0.374 e. The van der Waals surface area contributed by atoms with E-state index in [1.54, 1.807) is 12.4 Å². The van der Waals surface area contributed by atoms with Crippen LogP contribution in [0.5, 0.6) is 0 Å². The highest BCUT2D eigenvalue weighted by molar-refractivity contribution is 5.76. The first-order valence-corrected chi connectivity index (χ1v) is 9.03. The lowest BCUT2D eigenvalue weighted by atomic mass is 10.2. The van der Waals surface area contributed by atoms with Gasteiger partial charge in [0.2, 0.25) is 11.9 Å². The van der Waals surface area contributed by atoms with Gasteiger partial charge in [-0.1, -0.05) is 0 Å². The molecule has 25 heavy (non-hydrogen) atoms. The van der Waals surface area contributed by atoms with Crippen LogP contribution in [0.15, 0.2) is 18.5 Å². The number of hydrogen-bond donors (Lipinski definition) is 1. The van der Waals surface area contributed by atoms with Crippen LogP contribution in [0.1, 0.15) is 6.42 Å². The van der Waals surface area contributed by atoms with Crippen molar-refractivity contribution in [1.82, 2.24) is 25.1 Å². The third-order valence-corrected chi connectivity index (χ3v) is 4.70. The molecule has 0 aliphatic carbocycles. The average Bonchev–Trinajstić information content (AvgIpc) is 2.66. The number of nitrogens with one attached hydrogen (secondary N) is 1. The number of nitrogens with zero attached hydrogens (tertiary/aromatic N) is 5. The molecule has 8 nitrogen and oxygen atoms in total. The fourth-order valence-corrected chi connectivity index (χ4v) is 3.22. The Kier molecular flexibility index (Phi) is 6.55. The predicted octanol–water partition coefficient (Wildman–Crippen LogP) is -0.564. The molecule has 1 N–H and O–H groups in total. The summed E-state index contributed by atoms with van der Waals surface area (Å²) in [6.45, 7) is 7.26. The number of carbonyl (C=O) groups is 1. The molecule has 1 atom stereocenters. The summed E-state index contributed by atoms with van der Waals surface area (Å²) < 4.78 is 5.71. The molecule has 0 spiro atoms. The van der Waals surface area contributed by atoms with E-state index in [1.165, 1.54) is 0 Å². The van der Waals surface area contributed by atoms with Gasteiger partial charge in [-0.05, 0) is 13.1 Å². The van der Waals surface area contributed by atoms with Crippen LogP contribution in [-0.2, 0) is 9.53 Å². The summed E-state index contributed by atoms with van der Waals surface area (Å²) in [4.78, 5) is 27.2. The monoisotopic (exact) mass is 348 g/mol. The Hall–Kier alpha value is -1.77. The summed E-state index contributed by atoms with van der Waals surface area (Å²) in [5, 5.41) is 3.35. The predicted molar refractivity (Wildman–Crippen MR) is 95.5 cm³/mol. The molecule has 3 heterocycles. The van der Waals surface area contributed by atoms with Crippen molar-refractivity contribution in [2.24, 2.45) is 0 Å². The highest BCUT2D eigenvalue weighted by Crippen LogP contribution is 2.10. The van der Waals surface area contributed by atoms with Gasteiger partial charge in [-0.2, -0.15) is 0 Å². The molecule has 1 aromatic rings. The number of rotatable bonds is 6. The molecule has 1 unspecified atom stereocenters. The van der Waals surface area contributed by atoms with E-state index in [1.807, 2.05) is 11.0 Å². The second-order valence-electron chi connectivity index (χ2n) is 6.63. The fourth-order valence-electron chi connectivity index (χ4n) is 3.22. The first kappa shape index (κ1) is 18.0. The van der Waals surface area contributed by atoms with E-state index in [0.29, 0.717) is 13.0 Å². The molecule has 0 radical (unpaired) electrons. The molecular formula is C17H28N6O2. The highest BCUT2D eigenvalue weighted by atomic mass is 16.5. The van der Waals surface area contributed by atoms with Gasteiger partial charge < -0.3 is 24.8 Å². The Labute approximate surface area is 149 Å². The average molecular weight is 348 g/mol. The summed E-state index contributed by atoms with van der Waals surface area (Å²) >= 11 is 0. The van der Waals surface area contributed by atoms with Crippen LogP contribution in [0.25, 0.3) is 0 Å². The first-order valence-electron chi connectivity index (χ1n) is 9.03. The van der Waals surface area contributed by atoms with Crippen LogP contribution >= 0.6 is 0 Å². The van der Waals surface area contributed by atoms with E-state index in [2.05, 4.69) is 32.1 Å². The molecule has 3 rings (SSSR count). The minimum absolute atomic E-state index is 0.211. The second-order valence-corrected chi connectivity index (χ2v) is 6.63. The Morgan fingerprint density at radius 1 is 1.24 bits per heavy atom. The number of ether oxygens (including phenoxy) is 1. The first-order chi connectivity index (χ1) is 12.2. The lowest BCUT2D eigenvalue weighted by Gasteiger charge is -2.34. The van der Waals surface area contributed by atoms with Crippen molar-refractivity contribution in [3.8, 4) is 0 Å². The Bertz CT molecular complexity index is 535. The molecule has 1 aromatic heterocycles. The minimum atomic E-state index is 0.211. The molecule has 0 saturated carbocycles. The number of likely N-dealkylation sites (N-methyl/N-ethyl adjacent to an activating group) is 1. The molecule has 1 amide bonds. The van der Waals surface area contributed by atoms with Gasteiger partial charge in [0.15, 0.2) is 0 Å². The lowest BCUT2D eigenvalue weighted by molar-refractivity contribution is -0.131. The van der Waals surface area contributed by atoms with E-state index in [-0.39, 0.29) is 12.0 Å². The summed E-state index contributed by atoms with van der Waals surface area (Å²) in [6.07, 6.45) is 4.26. The number of piperazine rings is 1. The van der Waals surface area contributed by atoms with Crippen LogP contribution < -0.4 is 10.2 Å². The molecule has 8 heteroatoms. The Balaban J connectivity index is 1.31. The second kappa shape index (κ2) is 9.07. The quantitative estimate of drug-likeness (QED) is 0.691. The van der Waals surface area contributed by atoms with Crippen LogP contribution in [-0.4, -0.2) is 97.8 Å². The van der Waals surface area contributed by atoms with E-state index in [9.17, 15) is 4.79 Å². The molecule has 0 bridgehead atoms. The van der Waals surface area contributed by atoms with E-state index in [0.717, 1.165) is 58.4 Å². The summed E-state index contributed by atoms with van der Waals surface area (Å²) in [5.74, 6) is 0.955. The number of morpholine rings is 1. The van der Waals surface area contributed by atoms with Crippen molar-refractivity contribution in [3.05, 3.63) is 18.5 Å². The summed E-state index contributed by atoms with van der Waals surface area (Å²) in [6, 6.07) is 1.81. The summed E-state index contributed by atoms with van der Waals surface area (Å²) in [7, 11) is 2.11. The van der Waals surface area contributed by atoms with Crippen molar-refractivity contribution >= 4 is 11.9 Å². The van der Waals surface area contributed by atoms with Crippen molar-refractivity contribution in [2.75, 3.05) is 70.9 Å². The number of amides is 1. The number of anilines is 1. The third kappa shape index (κ3) is 5.35. The topological polar surface area (TPSA) is 73.8 Å². The zero-order valence-electron chi connectivity index (χ0n) is 14.9. The number of aromatic nitrogens is 2. The maximum Gasteiger partial charge on any atom is 0.225 e. The fraction of sp³-hybridized carbons (Fsp3) is 0.706. The van der Waals surface area contributed by atoms with E-state index < -0.39 is 0 Å². The van der Waals surface area contributed by atoms with Gasteiger partial charge in [0, 0.05) is 71.2 Å². The Morgan fingerprint density at radius 3 is 2.72 bits per heavy atom. The molecular weight excluding hydrogens is 320 g/mol. The van der Waals surface area contributed by atoms with Crippen LogP contribution in [0.4, 0.5) is 5.95 Å². The van der Waals surface area contributed by atoms with Crippen molar-refractivity contribution in [1.29, 1.82) is 0 Å². The molecule has 0 aromatic carbocycles. The summed E-state index contributed by atoms with van der Waals surface area (Å²) in [5.41, 5.74) is 0. The van der Waals surface area contributed by atoms with Gasteiger partial charge in [-0.25, -0.2) is 9.97 Å².